The highest BCUT2D eigenvalue weighted by atomic mass is 16.5. The number of nitrogens with zero attached hydrogens (tertiary/aromatic N) is 1. The molecule has 0 N–H and O–H groups in total. The molecular formula is C20H39NO5. The molecule has 0 unspecified atom stereocenters. The summed E-state index contributed by atoms with van der Waals surface area (Å²) in [5, 5.41) is 0. The molecule has 1 aliphatic rings. The van der Waals surface area contributed by atoms with Crippen molar-refractivity contribution >= 4 is 5.78 Å². The van der Waals surface area contributed by atoms with E-state index < -0.39 is 0 Å². The van der Waals surface area contributed by atoms with E-state index in [1.165, 1.54) is 0 Å². The van der Waals surface area contributed by atoms with E-state index in [-0.39, 0.29) is 17.8 Å². The monoisotopic (exact) mass is 373 g/mol. The summed E-state index contributed by atoms with van der Waals surface area (Å²) in [6, 6.07) is 0. The van der Waals surface area contributed by atoms with E-state index in [2.05, 4.69) is 18.7 Å². The summed E-state index contributed by atoms with van der Waals surface area (Å²) >= 11 is 0. The highest BCUT2D eigenvalue weighted by molar-refractivity contribution is 5.84. The molecule has 0 radical (unpaired) electrons. The van der Waals surface area contributed by atoms with Crippen molar-refractivity contribution in [2.75, 3.05) is 59.3 Å². The fraction of sp³-hybridized carbons (Fsp3) is 0.950. The molecular weight excluding hydrogens is 334 g/mol. The van der Waals surface area contributed by atoms with Crippen molar-refractivity contribution in [2.24, 2.45) is 5.41 Å². The Morgan fingerprint density at radius 2 is 1.50 bits per heavy atom. The van der Waals surface area contributed by atoms with Gasteiger partial charge in [0, 0.05) is 25.0 Å². The van der Waals surface area contributed by atoms with E-state index in [0.717, 1.165) is 39.1 Å². The number of carbonyl (C=O) groups is 1. The number of Topliss-reactive ketones (excluding diaryl/α,β-unsaturated/α-hetero) is 1. The summed E-state index contributed by atoms with van der Waals surface area (Å²) in [7, 11) is 0. The van der Waals surface area contributed by atoms with Gasteiger partial charge in [-0.1, -0.05) is 20.8 Å². The minimum absolute atomic E-state index is 0.112. The molecule has 0 bridgehead atoms. The molecule has 0 aliphatic carbocycles. The largest absolute Gasteiger partial charge is 0.378 e. The molecule has 0 aromatic rings. The zero-order valence-electron chi connectivity index (χ0n) is 17.4. The third-order valence-corrected chi connectivity index (χ3v) is 4.36. The number of piperidine rings is 1. The molecule has 0 amide bonds. The van der Waals surface area contributed by atoms with Gasteiger partial charge in [0.25, 0.3) is 0 Å². The first kappa shape index (κ1) is 23.5. The maximum atomic E-state index is 11.7. The minimum Gasteiger partial charge on any atom is -0.378 e. The van der Waals surface area contributed by atoms with Crippen molar-refractivity contribution in [1.29, 1.82) is 0 Å². The normalized spacial score (nSPS) is 17.2. The van der Waals surface area contributed by atoms with Gasteiger partial charge in [-0.2, -0.15) is 0 Å². The lowest BCUT2D eigenvalue weighted by Gasteiger charge is -2.32. The van der Waals surface area contributed by atoms with Gasteiger partial charge in [0.05, 0.1) is 45.2 Å². The van der Waals surface area contributed by atoms with Crippen LogP contribution in [0.2, 0.25) is 0 Å². The Kier molecular flexibility index (Phi) is 11.6. The molecule has 0 atom stereocenters. The molecule has 0 aromatic carbocycles. The van der Waals surface area contributed by atoms with Gasteiger partial charge < -0.3 is 23.8 Å². The smallest absolute Gasteiger partial charge is 0.163 e. The molecule has 26 heavy (non-hydrogen) atoms. The van der Waals surface area contributed by atoms with Crippen molar-refractivity contribution < 1.29 is 23.7 Å². The quantitative estimate of drug-likeness (QED) is 0.463. The van der Waals surface area contributed by atoms with Gasteiger partial charge in [0.1, 0.15) is 6.61 Å². The molecule has 0 spiro atoms. The molecule has 0 aromatic heterocycles. The number of ketones is 1. The first-order valence-electron chi connectivity index (χ1n) is 9.93. The van der Waals surface area contributed by atoms with Crippen molar-refractivity contribution in [3.63, 3.8) is 0 Å². The molecule has 0 saturated carbocycles. The van der Waals surface area contributed by atoms with E-state index in [4.69, 9.17) is 18.9 Å². The lowest BCUT2D eigenvalue weighted by molar-refractivity contribution is -0.131. The summed E-state index contributed by atoms with van der Waals surface area (Å²) < 4.78 is 22.3. The fourth-order valence-corrected chi connectivity index (χ4v) is 2.67. The number of likely N-dealkylation sites (tertiary alicyclic amines) is 1. The van der Waals surface area contributed by atoms with Crippen LogP contribution in [-0.2, 0) is 23.7 Å². The zero-order valence-corrected chi connectivity index (χ0v) is 17.4. The molecule has 1 heterocycles. The highest BCUT2D eigenvalue weighted by Gasteiger charge is 2.21. The van der Waals surface area contributed by atoms with Gasteiger partial charge in [-0.15, -0.1) is 0 Å². The SMILES string of the molecule is CC(C)OC1CCN(CCOCCOCCOCC(=O)C(C)(C)C)CC1. The van der Waals surface area contributed by atoms with E-state index in [9.17, 15) is 4.79 Å². The van der Waals surface area contributed by atoms with Crippen molar-refractivity contribution in [1.82, 2.24) is 4.90 Å². The second-order valence-corrected chi connectivity index (χ2v) is 8.18. The lowest BCUT2D eigenvalue weighted by Crippen LogP contribution is -2.39. The highest BCUT2D eigenvalue weighted by Crippen LogP contribution is 2.15. The predicted molar refractivity (Wildman–Crippen MR) is 103 cm³/mol. The van der Waals surface area contributed by atoms with E-state index >= 15 is 0 Å². The maximum Gasteiger partial charge on any atom is 0.163 e. The molecule has 1 rings (SSSR count). The Morgan fingerprint density at radius 1 is 0.962 bits per heavy atom. The lowest BCUT2D eigenvalue weighted by atomic mass is 9.91. The standard InChI is InChI=1S/C20H39NO5/c1-17(2)26-18-6-8-21(9-7-18)10-11-23-12-13-24-14-15-25-16-19(22)20(3,4)5/h17-18H,6-16H2,1-5H3. The molecule has 1 fully saturated rings. The minimum atomic E-state index is -0.342. The van der Waals surface area contributed by atoms with Crippen LogP contribution in [0.4, 0.5) is 0 Å². The van der Waals surface area contributed by atoms with Crippen LogP contribution >= 0.6 is 0 Å². The van der Waals surface area contributed by atoms with Crippen molar-refractivity contribution in [2.45, 2.75) is 59.7 Å². The van der Waals surface area contributed by atoms with Gasteiger partial charge in [-0.05, 0) is 26.7 Å². The number of carbonyl (C=O) groups excluding carboxylic acids is 1. The molecule has 154 valence electrons. The van der Waals surface area contributed by atoms with Crippen LogP contribution in [0.15, 0.2) is 0 Å². The van der Waals surface area contributed by atoms with Crippen LogP contribution < -0.4 is 0 Å². The number of hydrogen-bond donors (Lipinski definition) is 0. The molecule has 1 saturated heterocycles. The summed E-state index contributed by atoms with van der Waals surface area (Å²) in [5.74, 6) is 0.112. The van der Waals surface area contributed by atoms with Gasteiger partial charge in [0.15, 0.2) is 5.78 Å². The number of ether oxygens (including phenoxy) is 4. The van der Waals surface area contributed by atoms with E-state index in [0.29, 0.717) is 38.6 Å². The molecule has 1 aliphatic heterocycles. The van der Waals surface area contributed by atoms with Crippen molar-refractivity contribution in [3.8, 4) is 0 Å². The van der Waals surface area contributed by atoms with Gasteiger partial charge in [-0.3, -0.25) is 4.79 Å². The summed E-state index contributed by atoms with van der Waals surface area (Å²) in [4.78, 5) is 14.1. The van der Waals surface area contributed by atoms with Crippen LogP contribution in [0.25, 0.3) is 0 Å². The summed E-state index contributed by atoms with van der Waals surface area (Å²) in [5.41, 5.74) is -0.342. The zero-order chi connectivity index (χ0) is 19.4. The topological polar surface area (TPSA) is 57.2 Å². The maximum absolute atomic E-state index is 11.7. The summed E-state index contributed by atoms with van der Waals surface area (Å²) in [6.45, 7) is 16.0. The Morgan fingerprint density at radius 3 is 2.04 bits per heavy atom. The third kappa shape index (κ3) is 11.2. The Hall–Kier alpha value is -0.530. The fourth-order valence-electron chi connectivity index (χ4n) is 2.67. The number of hydrogen-bond acceptors (Lipinski definition) is 6. The van der Waals surface area contributed by atoms with Gasteiger partial charge in [0.2, 0.25) is 0 Å². The Bertz CT molecular complexity index is 373. The average molecular weight is 374 g/mol. The Labute approximate surface area is 159 Å². The van der Waals surface area contributed by atoms with Crippen molar-refractivity contribution in [3.05, 3.63) is 0 Å². The van der Waals surface area contributed by atoms with Gasteiger partial charge >= 0.3 is 0 Å². The summed E-state index contributed by atoms with van der Waals surface area (Å²) in [6.07, 6.45) is 2.96. The Balaban J connectivity index is 1.86. The first-order valence-corrected chi connectivity index (χ1v) is 9.93. The third-order valence-electron chi connectivity index (χ3n) is 4.36. The molecule has 6 heteroatoms. The van der Waals surface area contributed by atoms with Crippen LogP contribution in [-0.4, -0.2) is 82.2 Å². The number of rotatable bonds is 13. The van der Waals surface area contributed by atoms with Crippen LogP contribution in [0, 0.1) is 5.41 Å². The first-order chi connectivity index (χ1) is 12.3. The van der Waals surface area contributed by atoms with Crippen LogP contribution in [0.5, 0.6) is 0 Å². The van der Waals surface area contributed by atoms with E-state index in [1.54, 1.807) is 0 Å². The van der Waals surface area contributed by atoms with E-state index in [1.807, 2.05) is 20.8 Å². The second-order valence-electron chi connectivity index (χ2n) is 8.18. The second kappa shape index (κ2) is 12.8. The predicted octanol–water partition coefficient (Wildman–Crippen LogP) is 2.54. The van der Waals surface area contributed by atoms with Gasteiger partial charge in [-0.25, -0.2) is 0 Å². The molecule has 6 nitrogen and oxygen atoms in total. The van der Waals surface area contributed by atoms with Crippen LogP contribution in [0.1, 0.15) is 47.5 Å². The van der Waals surface area contributed by atoms with Crippen LogP contribution in [0.3, 0.4) is 0 Å². The average Bonchev–Trinajstić information content (AvgIpc) is 2.56.